The van der Waals surface area contributed by atoms with Gasteiger partial charge in [-0.25, -0.2) is 4.68 Å². The van der Waals surface area contributed by atoms with Crippen molar-refractivity contribution in [2.24, 2.45) is 0 Å². The van der Waals surface area contributed by atoms with Crippen LogP contribution >= 0.6 is 12.2 Å². The Balaban J connectivity index is 1.89. The van der Waals surface area contributed by atoms with Crippen LogP contribution in [-0.4, -0.2) is 33.4 Å². The van der Waals surface area contributed by atoms with Crippen LogP contribution in [0.4, 0.5) is 0 Å². The van der Waals surface area contributed by atoms with E-state index >= 15 is 0 Å². The molecule has 3 rings (SSSR count). The van der Waals surface area contributed by atoms with Gasteiger partial charge in [-0.1, -0.05) is 24.3 Å². The maximum absolute atomic E-state index is 5.76. The lowest BCUT2D eigenvalue weighted by Crippen LogP contribution is -2.23. The molecular weight excluding hydrogens is 368 g/mol. The molecule has 0 radical (unpaired) electrons. The second-order valence-corrected chi connectivity index (χ2v) is 7.75. The Labute approximate surface area is 172 Å². The van der Waals surface area contributed by atoms with E-state index in [1.165, 1.54) is 11.1 Å². The van der Waals surface area contributed by atoms with Crippen LogP contribution in [0.1, 0.15) is 31.0 Å². The molecule has 3 aromatic rings. The first-order chi connectivity index (χ1) is 13.4. The van der Waals surface area contributed by atoms with Crippen LogP contribution in [0.3, 0.4) is 0 Å². The van der Waals surface area contributed by atoms with Gasteiger partial charge in [0.15, 0.2) is 10.6 Å². The second-order valence-electron chi connectivity index (χ2n) is 7.38. The van der Waals surface area contributed by atoms with Crippen molar-refractivity contribution in [2.75, 3.05) is 14.2 Å². The average Bonchev–Trinajstić information content (AvgIpc) is 3.00. The molecule has 0 spiro atoms. The Morgan fingerprint density at radius 2 is 1.79 bits per heavy atom. The summed E-state index contributed by atoms with van der Waals surface area (Å²) in [6.07, 6.45) is 0. The zero-order valence-electron chi connectivity index (χ0n) is 17.2. The summed E-state index contributed by atoms with van der Waals surface area (Å²) in [5.74, 6) is 1.71. The Hall–Kier alpha value is -2.44. The Kier molecular flexibility index (Phi) is 6.31. The van der Waals surface area contributed by atoms with Gasteiger partial charge in [0.1, 0.15) is 5.75 Å². The molecule has 5 nitrogen and oxygen atoms in total. The number of hydrogen-bond donors (Lipinski definition) is 0. The third-order valence-corrected chi connectivity index (χ3v) is 5.22. The fourth-order valence-electron chi connectivity index (χ4n) is 3.27. The molecule has 0 atom stereocenters. The third-order valence-electron chi connectivity index (χ3n) is 4.81. The Bertz CT molecular complexity index is 989. The maximum Gasteiger partial charge on any atom is 0.199 e. The van der Waals surface area contributed by atoms with E-state index in [1.807, 2.05) is 28.9 Å². The SMILES string of the molecule is COc1ccc(-c2nn(CN(C)Cc3ccccc3C)c(=S)n2C(C)C)cc1. The van der Waals surface area contributed by atoms with E-state index in [0.29, 0.717) is 6.67 Å². The van der Waals surface area contributed by atoms with Crippen LogP contribution in [-0.2, 0) is 13.2 Å². The van der Waals surface area contributed by atoms with E-state index in [-0.39, 0.29) is 6.04 Å². The molecule has 0 amide bonds. The number of hydrogen-bond acceptors (Lipinski definition) is 4. The summed E-state index contributed by atoms with van der Waals surface area (Å²) in [5.41, 5.74) is 3.64. The number of methoxy groups -OCH3 is 1. The normalized spacial score (nSPS) is 11.4. The lowest BCUT2D eigenvalue weighted by atomic mass is 10.1. The molecule has 0 fully saturated rings. The molecular formula is C22H28N4OS. The molecule has 0 saturated carbocycles. The predicted octanol–water partition coefficient (Wildman–Crippen LogP) is 5.07. The van der Waals surface area contributed by atoms with E-state index in [4.69, 9.17) is 22.1 Å². The van der Waals surface area contributed by atoms with Gasteiger partial charge in [-0.3, -0.25) is 9.47 Å². The molecule has 0 bridgehead atoms. The van der Waals surface area contributed by atoms with Gasteiger partial charge in [0.05, 0.1) is 13.8 Å². The van der Waals surface area contributed by atoms with E-state index in [9.17, 15) is 0 Å². The van der Waals surface area contributed by atoms with E-state index in [2.05, 4.69) is 61.6 Å². The maximum atomic E-state index is 5.76. The van der Waals surface area contributed by atoms with Crippen molar-refractivity contribution in [1.82, 2.24) is 19.2 Å². The highest BCUT2D eigenvalue weighted by Crippen LogP contribution is 2.24. The van der Waals surface area contributed by atoms with Crippen molar-refractivity contribution in [1.29, 1.82) is 0 Å². The summed E-state index contributed by atoms with van der Waals surface area (Å²) in [4.78, 5) is 2.23. The standard InChI is InChI=1S/C22H28N4OS/c1-16(2)26-21(18-10-12-20(27-5)13-11-18)23-25(22(26)28)15-24(4)14-19-9-7-6-8-17(19)3/h6-13,16H,14-15H2,1-5H3. The number of aryl methyl sites for hydroxylation is 1. The van der Waals surface area contributed by atoms with Crippen molar-refractivity contribution in [3.8, 4) is 17.1 Å². The van der Waals surface area contributed by atoms with Gasteiger partial charge < -0.3 is 4.74 Å². The molecule has 1 heterocycles. The highest BCUT2D eigenvalue weighted by Gasteiger charge is 2.16. The van der Waals surface area contributed by atoms with Crippen molar-refractivity contribution >= 4 is 12.2 Å². The summed E-state index contributed by atoms with van der Waals surface area (Å²) in [6.45, 7) is 7.89. The number of aromatic nitrogens is 3. The first-order valence-electron chi connectivity index (χ1n) is 9.47. The van der Waals surface area contributed by atoms with E-state index in [1.54, 1.807) is 7.11 Å². The van der Waals surface area contributed by atoms with Crippen molar-refractivity contribution in [3.63, 3.8) is 0 Å². The molecule has 6 heteroatoms. The van der Waals surface area contributed by atoms with Gasteiger partial charge in [0, 0.05) is 18.2 Å². The molecule has 148 valence electrons. The molecule has 0 aliphatic heterocycles. The number of rotatable bonds is 7. The van der Waals surface area contributed by atoms with Crippen molar-refractivity contribution < 1.29 is 4.74 Å². The molecule has 0 unspecified atom stereocenters. The molecule has 1 aromatic heterocycles. The fraction of sp³-hybridized carbons (Fsp3) is 0.364. The lowest BCUT2D eigenvalue weighted by Gasteiger charge is -2.17. The van der Waals surface area contributed by atoms with Crippen LogP contribution in [0, 0.1) is 11.7 Å². The molecule has 28 heavy (non-hydrogen) atoms. The monoisotopic (exact) mass is 396 g/mol. The molecule has 0 saturated heterocycles. The minimum absolute atomic E-state index is 0.222. The predicted molar refractivity (Wildman–Crippen MR) is 116 cm³/mol. The van der Waals surface area contributed by atoms with Crippen LogP contribution in [0.15, 0.2) is 48.5 Å². The van der Waals surface area contributed by atoms with Crippen LogP contribution < -0.4 is 4.74 Å². The zero-order valence-corrected chi connectivity index (χ0v) is 18.0. The van der Waals surface area contributed by atoms with Gasteiger partial charge >= 0.3 is 0 Å². The van der Waals surface area contributed by atoms with Crippen LogP contribution in [0.25, 0.3) is 11.4 Å². The first-order valence-corrected chi connectivity index (χ1v) is 9.88. The first kappa shape index (κ1) is 20.3. The number of benzene rings is 2. The summed E-state index contributed by atoms with van der Waals surface area (Å²) >= 11 is 5.76. The quantitative estimate of drug-likeness (QED) is 0.523. The minimum Gasteiger partial charge on any atom is -0.497 e. The molecule has 2 aromatic carbocycles. The van der Waals surface area contributed by atoms with Crippen LogP contribution in [0.2, 0.25) is 0 Å². The summed E-state index contributed by atoms with van der Waals surface area (Å²) < 4.78 is 10.0. The van der Waals surface area contributed by atoms with Gasteiger partial charge in [0.2, 0.25) is 0 Å². The smallest absolute Gasteiger partial charge is 0.199 e. The van der Waals surface area contributed by atoms with Gasteiger partial charge in [0.25, 0.3) is 0 Å². The molecule has 0 aliphatic rings. The van der Waals surface area contributed by atoms with E-state index < -0.39 is 0 Å². The topological polar surface area (TPSA) is 35.2 Å². The zero-order chi connectivity index (χ0) is 20.3. The summed E-state index contributed by atoms with van der Waals surface area (Å²) in [5, 5.41) is 4.85. The van der Waals surface area contributed by atoms with Crippen molar-refractivity contribution in [2.45, 2.75) is 40.0 Å². The molecule has 0 N–H and O–H groups in total. The van der Waals surface area contributed by atoms with Gasteiger partial charge in [-0.2, -0.15) is 5.10 Å². The number of nitrogens with zero attached hydrogens (tertiary/aromatic N) is 4. The number of ether oxygens (including phenoxy) is 1. The highest BCUT2D eigenvalue weighted by atomic mass is 32.1. The second kappa shape index (κ2) is 8.71. The van der Waals surface area contributed by atoms with Crippen molar-refractivity contribution in [3.05, 3.63) is 64.4 Å². The summed E-state index contributed by atoms with van der Waals surface area (Å²) in [6, 6.07) is 16.6. The fourth-order valence-corrected chi connectivity index (χ4v) is 3.67. The highest BCUT2D eigenvalue weighted by molar-refractivity contribution is 7.71. The molecule has 0 aliphatic carbocycles. The van der Waals surface area contributed by atoms with Gasteiger partial charge in [-0.15, -0.1) is 0 Å². The largest absolute Gasteiger partial charge is 0.497 e. The third kappa shape index (κ3) is 4.34. The Morgan fingerprint density at radius 1 is 1.11 bits per heavy atom. The minimum atomic E-state index is 0.222. The lowest BCUT2D eigenvalue weighted by molar-refractivity contribution is 0.243. The van der Waals surface area contributed by atoms with E-state index in [0.717, 1.165) is 28.5 Å². The van der Waals surface area contributed by atoms with Crippen LogP contribution in [0.5, 0.6) is 5.75 Å². The Morgan fingerprint density at radius 3 is 2.39 bits per heavy atom. The van der Waals surface area contributed by atoms with Gasteiger partial charge in [-0.05, 0) is 75.4 Å². The summed E-state index contributed by atoms with van der Waals surface area (Å²) in [7, 11) is 3.76. The average molecular weight is 397 g/mol.